The molecule has 0 unspecified atom stereocenters. The number of rotatable bonds is 5. The lowest BCUT2D eigenvalue weighted by Crippen LogP contribution is -2.40. The van der Waals surface area contributed by atoms with Gasteiger partial charge in [0.25, 0.3) is 5.91 Å². The lowest BCUT2D eigenvalue weighted by molar-refractivity contribution is -0.132. The van der Waals surface area contributed by atoms with E-state index in [0.717, 1.165) is 12.8 Å². The van der Waals surface area contributed by atoms with E-state index in [1.807, 2.05) is 0 Å². The zero-order valence-corrected chi connectivity index (χ0v) is 13.8. The average molecular weight is 330 g/mol. The van der Waals surface area contributed by atoms with E-state index in [2.05, 4.69) is 11.9 Å². The van der Waals surface area contributed by atoms with Gasteiger partial charge in [-0.05, 0) is 43.0 Å². The van der Waals surface area contributed by atoms with E-state index in [1.165, 1.54) is 13.0 Å². The van der Waals surface area contributed by atoms with Crippen LogP contribution in [-0.4, -0.2) is 42.3 Å². The standard InChI is InChI=1S/C18H22N2O4/c1-3-17(22)20-9-7-14(8-10-20)12-19-18(23)15-5-4-6-16(11-15)24-13(2)21/h3-6,11,14H,1,7-10,12H2,2H3,(H,19,23). The predicted octanol–water partition coefficient (Wildman–Crippen LogP) is 1.77. The molecule has 0 aliphatic carbocycles. The van der Waals surface area contributed by atoms with Crippen molar-refractivity contribution < 1.29 is 19.1 Å². The molecule has 0 bridgehead atoms. The van der Waals surface area contributed by atoms with Crippen LogP contribution in [0, 0.1) is 5.92 Å². The number of hydrogen-bond acceptors (Lipinski definition) is 4. The minimum Gasteiger partial charge on any atom is -0.427 e. The first-order chi connectivity index (χ1) is 11.5. The largest absolute Gasteiger partial charge is 0.427 e. The van der Waals surface area contributed by atoms with Crippen molar-refractivity contribution in [2.45, 2.75) is 19.8 Å². The summed E-state index contributed by atoms with van der Waals surface area (Å²) in [6.45, 7) is 6.75. The molecule has 1 saturated heterocycles. The van der Waals surface area contributed by atoms with E-state index in [1.54, 1.807) is 29.2 Å². The van der Waals surface area contributed by atoms with Crippen molar-refractivity contribution in [2.24, 2.45) is 5.92 Å². The summed E-state index contributed by atoms with van der Waals surface area (Å²) in [7, 11) is 0. The van der Waals surface area contributed by atoms with Crippen LogP contribution in [0.15, 0.2) is 36.9 Å². The molecule has 0 saturated carbocycles. The molecule has 0 radical (unpaired) electrons. The monoisotopic (exact) mass is 330 g/mol. The van der Waals surface area contributed by atoms with Gasteiger partial charge >= 0.3 is 5.97 Å². The van der Waals surface area contributed by atoms with Crippen LogP contribution in [0.25, 0.3) is 0 Å². The summed E-state index contributed by atoms with van der Waals surface area (Å²) in [5.74, 6) is 0.0348. The number of likely N-dealkylation sites (tertiary alicyclic amines) is 1. The highest BCUT2D eigenvalue weighted by Gasteiger charge is 2.21. The molecule has 1 aromatic rings. The topological polar surface area (TPSA) is 75.7 Å². The van der Waals surface area contributed by atoms with E-state index in [0.29, 0.717) is 36.9 Å². The maximum atomic E-state index is 12.2. The Bertz CT molecular complexity index is 634. The van der Waals surface area contributed by atoms with Crippen molar-refractivity contribution in [1.82, 2.24) is 10.2 Å². The van der Waals surface area contributed by atoms with Gasteiger partial charge in [0.05, 0.1) is 0 Å². The molecule has 6 nitrogen and oxygen atoms in total. The molecule has 2 amide bonds. The van der Waals surface area contributed by atoms with Crippen LogP contribution in [0.3, 0.4) is 0 Å². The third kappa shape index (κ3) is 4.94. The molecule has 6 heteroatoms. The van der Waals surface area contributed by atoms with E-state index in [4.69, 9.17) is 4.74 Å². The number of carbonyl (C=O) groups excluding carboxylic acids is 3. The molecule has 1 N–H and O–H groups in total. The third-order valence-corrected chi connectivity index (χ3v) is 4.01. The number of esters is 1. The molecule has 0 spiro atoms. The highest BCUT2D eigenvalue weighted by molar-refractivity contribution is 5.94. The molecule has 24 heavy (non-hydrogen) atoms. The number of amides is 2. The molecule has 1 aliphatic rings. The Morgan fingerprint density at radius 2 is 2.04 bits per heavy atom. The number of benzene rings is 1. The molecule has 2 rings (SSSR count). The van der Waals surface area contributed by atoms with E-state index >= 15 is 0 Å². The maximum Gasteiger partial charge on any atom is 0.308 e. The number of piperidine rings is 1. The van der Waals surface area contributed by atoms with Gasteiger partial charge in [-0.15, -0.1) is 0 Å². The highest BCUT2D eigenvalue weighted by atomic mass is 16.5. The van der Waals surface area contributed by atoms with Crippen LogP contribution in [0.4, 0.5) is 0 Å². The van der Waals surface area contributed by atoms with Crippen molar-refractivity contribution in [3.05, 3.63) is 42.5 Å². The number of nitrogens with zero attached hydrogens (tertiary/aromatic N) is 1. The lowest BCUT2D eigenvalue weighted by atomic mass is 9.96. The van der Waals surface area contributed by atoms with Gasteiger partial charge in [0.15, 0.2) is 0 Å². The average Bonchev–Trinajstić information content (AvgIpc) is 2.59. The number of ether oxygens (including phenoxy) is 1. The molecular weight excluding hydrogens is 308 g/mol. The van der Waals surface area contributed by atoms with Crippen molar-refractivity contribution in [1.29, 1.82) is 0 Å². The Kier molecular flexibility index (Phi) is 6.12. The summed E-state index contributed by atoms with van der Waals surface area (Å²) in [6, 6.07) is 6.52. The first-order valence-electron chi connectivity index (χ1n) is 7.97. The SMILES string of the molecule is C=CC(=O)N1CCC(CNC(=O)c2cccc(OC(C)=O)c2)CC1. The van der Waals surface area contributed by atoms with Crippen LogP contribution < -0.4 is 10.1 Å². The van der Waals surface area contributed by atoms with Gasteiger partial charge in [-0.25, -0.2) is 0 Å². The van der Waals surface area contributed by atoms with E-state index < -0.39 is 5.97 Å². The quantitative estimate of drug-likeness (QED) is 0.507. The molecule has 1 heterocycles. The summed E-state index contributed by atoms with van der Waals surface area (Å²) < 4.78 is 4.98. The Hall–Kier alpha value is -2.63. The minimum atomic E-state index is -0.423. The second-order valence-corrected chi connectivity index (χ2v) is 5.80. The van der Waals surface area contributed by atoms with Gasteiger partial charge in [0, 0.05) is 32.1 Å². The maximum absolute atomic E-state index is 12.2. The second-order valence-electron chi connectivity index (χ2n) is 5.80. The van der Waals surface area contributed by atoms with Crippen molar-refractivity contribution in [2.75, 3.05) is 19.6 Å². The van der Waals surface area contributed by atoms with Crippen LogP contribution in [0.5, 0.6) is 5.75 Å². The third-order valence-electron chi connectivity index (χ3n) is 4.01. The molecule has 1 aliphatic heterocycles. The van der Waals surface area contributed by atoms with Crippen molar-refractivity contribution in [3.8, 4) is 5.75 Å². The molecule has 1 aromatic carbocycles. The second kappa shape index (κ2) is 8.29. The molecule has 0 atom stereocenters. The van der Waals surface area contributed by atoms with Crippen LogP contribution in [0.2, 0.25) is 0 Å². The molecule has 0 aromatic heterocycles. The summed E-state index contributed by atoms with van der Waals surface area (Å²) in [5, 5.41) is 2.90. The summed E-state index contributed by atoms with van der Waals surface area (Å²) in [5.41, 5.74) is 0.452. The van der Waals surface area contributed by atoms with Gasteiger partial charge in [-0.3, -0.25) is 14.4 Å². The van der Waals surface area contributed by atoms with Crippen LogP contribution >= 0.6 is 0 Å². The fourth-order valence-corrected chi connectivity index (χ4v) is 2.69. The Morgan fingerprint density at radius 1 is 1.33 bits per heavy atom. The molecule has 1 fully saturated rings. The van der Waals surface area contributed by atoms with Gasteiger partial charge in [-0.1, -0.05) is 12.6 Å². The van der Waals surface area contributed by atoms with Crippen molar-refractivity contribution >= 4 is 17.8 Å². The van der Waals surface area contributed by atoms with Gasteiger partial charge < -0.3 is 15.0 Å². The van der Waals surface area contributed by atoms with Crippen molar-refractivity contribution in [3.63, 3.8) is 0 Å². The van der Waals surface area contributed by atoms with Crippen LogP contribution in [0.1, 0.15) is 30.1 Å². The van der Waals surface area contributed by atoms with Crippen LogP contribution in [-0.2, 0) is 9.59 Å². The molecule has 128 valence electrons. The first kappa shape index (κ1) is 17.7. The predicted molar refractivity (Wildman–Crippen MR) is 89.6 cm³/mol. The summed E-state index contributed by atoms with van der Waals surface area (Å²) in [4.78, 5) is 36.5. The Balaban J connectivity index is 1.82. The fourth-order valence-electron chi connectivity index (χ4n) is 2.69. The summed E-state index contributed by atoms with van der Waals surface area (Å²) >= 11 is 0. The zero-order valence-electron chi connectivity index (χ0n) is 13.8. The minimum absolute atomic E-state index is 0.0419. The molecular formula is C18H22N2O4. The summed E-state index contributed by atoms with van der Waals surface area (Å²) in [6.07, 6.45) is 3.04. The Labute approximate surface area is 141 Å². The lowest BCUT2D eigenvalue weighted by Gasteiger charge is -2.31. The number of carbonyl (C=O) groups is 3. The van der Waals surface area contributed by atoms with Gasteiger partial charge in [0.1, 0.15) is 5.75 Å². The highest BCUT2D eigenvalue weighted by Crippen LogP contribution is 2.17. The number of nitrogens with one attached hydrogen (secondary N) is 1. The van der Waals surface area contributed by atoms with Gasteiger partial charge in [0.2, 0.25) is 5.91 Å². The fraction of sp³-hybridized carbons (Fsp3) is 0.389. The first-order valence-corrected chi connectivity index (χ1v) is 7.97. The zero-order chi connectivity index (χ0) is 17.5. The normalized spacial score (nSPS) is 14.8. The van der Waals surface area contributed by atoms with Gasteiger partial charge in [-0.2, -0.15) is 0 Å². The number of hydrogen-bond donors (Lipinski definition) is 1. The smallest absolute Gasteiger partial charge is 0.308 e. The Morgan fingerprint density at radius 3 is 2.67 bits per heavy atom. The van der Waals surface area contributed by atoms with E-state index in [-0.39, 0.29) is 11.8 Å². The van der Waals surface area contributed by atoms with E-state index in [9.17, 15) is 14.4 Å².